The number of amides is 1. The molecule has 15 heavy (non-hydrogen) atoms. The maximum absolute atomic E-state index is 9.85. The molecule has 10 heteroatoms. The molecule has 0 bridgehead atoms. The fourth-order valence-electron chi connectivity index (χ4n) is 0.275. The summed E-state index contributed by atoms with van der Waals surface area (Å²) in [6, 6.07) is -1.29. The monoisotopic (exact) mass is 227 g/mol. The lowest BCUT2D eigenvalue weighted by Gasteiger charge is -1.99. The fourth-order valence-corrected chi connectivity index (χ4v) is 0.275. The first-order valence-corrected chi connectivity index (χ1v) is 3.14. The van der Waals surface area contributed by atoms with Crippen LogP contribution in [0.15, 0.2) is 0 Å². The van der Waals surface area contributed by atoms with Gasteiger partial charge >= 0.3 is 18.0 Å². The zero-order valence-electron chi connectivity index (χ0n) is 7.36. The molecule has 0 aromatic rings. The molecule has 1 radical (unpaired) electrons. The van der Waals surface area contributed by atoms with E-state index in [-0.39, 0.29) is 0 Å². The van der Waals surface area contributed by atoms with Gasteiger partial charge in [0.05, 0.1) is 6.42 Å². The number of hydrogen-bond acceptors (Lipinski definition) is 5. The third-order valence-corrected chi connectivity index (χ3v) is 0.712. The van der Waals surface area contributed by atoms with Gasteiger partial charge in [-0.25, -0.2) is 10.1 Å². The lowest BCUT2D eigenvalue weighted by molar-refractivity contribution is -0.247. The first-order valence-electron chi connectivity index (χ1n) is 3.14. The van der Waals surface area contributed by atoms with Crippen molar-refractivity contribution in [2.75, 3.05) is 0 Å². The van der Waals surface area contributed by atoms with Crippen molar-refractivity contribution in [3.8, 4) is 0 Å². The van der Waals surface area contributed by atoms with Crippen LogP contribution in [0.3, 0.4) is 0 Å². The Morgan fingerprint density at radius 1 is 1.07 bits per heavy atom. The standard InChI is InChI=1S/C4H7NO4.CH3NO2.HO2/c5-2(4(8)9)1-3(6)7;2-1(3)4;1-2/h2H,1,5H2,(H,6,7)(H,8,9);2H2,(H,3,4);1H. The number of rotatable bonds is 3. The van der Waals surface area contributed by atoms with Crippen LogP contribution in [0.2, 0.25) is 0 Å². The van der Waals surface area contributed by atoms with Crippen LogP contribution in [0.1, 0.15) is 6.42 Å². The van der Waals surface area contributed by atoms with Crippen molar-refractivity contribution in [3.05, 3.63) is 0 Å². The number of aliphatic carboxylic acids is 2. The predicted octanol–water partition coefficient (Wildman–Crippen LogP) is -1.61. The minimum Gasteiger partial charge on any atom is -0.481 e. The maximum atomic E-state index is 9.85. The van der Waals surface area contributed by atoms with Gasteiger partial charge in [-0.2, -0.15) is 0 Å². The van der Waals surface area contributed by atoms with Gasteiger partial charge in [0.1, 0.15) is 6.04 Å². The van der Waals surface area contributed by atoms with Crippen LogP contribution in [-0.2, 0) is 14.8 Å². The minimum absolute atomic E-state index is 0.532. The highest BCUT2D eigenvalue weighted by atomic mass is 17.0. The second kappa shape index (κ2) is 12.1. The van der Waals surface area contributed by atoms with Gasteiger partial charge in [-0.05, 0) is 5.26 Å². The van der Waals surface area contributed by atoms with Crippen LogP contribution in [0.25, 0.3) is 0 Å². The summed E-state index contributed by atoms with van der Waals surface area (Å²) in [5.41, 5.74) is 8.86. The molecule has 89 valence electrons. The van der Waals surface area contributed by atoms with E-state index in [1.165, 1.54) is 0 Å². The Labute approximate surface area is 83.3 Å². The number of primary amides is 1. The van der Waals surface area contributed by atoms with Crippen molar-refractivity contribution in [1.29, 1.82) is 0 Å². The van der Waals surface area contributed by atoms with E-state index < -0.39 is 30.5 Å². The van der Waals surface area contributed by atoms with Crippen LogP contribution in [-0.4, -0.2) is 44.7 Å². The van der Waals surface area contributed by atoms with Gasteiger partial charge in [-0.1, -0.05) is 0 Å². The van der Waals surface area contributed by atoms with E-state index in [2.05, 4.69) is 5.73 Å². The number of carboxylic acid groups (broad SMARTS) is 3. The van der Waals surface area contributed by atoms with Gasteiger partial charge in [-0.3, -0.25) is 9.59 Å². The van der Waals surface area contributed by atoms with E-state index in [0.717, 1.165) is 0 Å². The second-order valence-corrected chi connectivity index (χ2v) is 1.88. The Hall–Kier alpha value is -1.91. The molecule has 0 saturated heterocycles. The highest BCUT2D eigenvalue weighted by Gasteiger charge is 2.14. The molecule has 0 rings (SSSR count). The summed E-state index contributed by atoms with van der Waals surface area (Å²) in [6.07, 6.45) is -1.87. The lowest BCUT2D eigenvalue weighted by atomic mass is 10.2. The summed E-state index contributed by atoms with van der Waals surface area (Å²) in [5, 5.41) is 36.2. The number of hydrogen-bond donors (Lipinski definition) is 6. The van der Waals surface area contributed by atoms with Gasteiger partial charge in [0.25, 0.3) is 0 Å². The van der Waals surface area contributed by atoms with Crippen LogP contribution < -0.4 is 11.5 Å². The van der Waals surface area contributed by atoms with Crippen LogP contribution in [0.5, 0.6) is 0 Å². The largest absolute Gasteiger partial charge is 0.481 e. The number of carboxylic acids is 2. The van der Waals surface area contributed by atoms with Crippen molar-refractivity contribution in [1.82, 2.24) is 0 Å². The van der Waals surface area contributed by atoms with Crippen molar-refractivity contribution in [2.24, 2.45) is 11.5 Å². The molecule has 8 N–H and O–H groups in total. The van der Waals surface area contributed by atoms with E-state index in [4.69, 9.17) is 36.4 Å². The molecule has 0 aromatic heterocycles. The van der Waals surface area contributed by atoms with Crippen molar-refractivity contribution < 1.29 is 40.2 Å². The average molecular weight is 227 g/mol. The van der Waals surface area contributed by atoms with Crippen LogP contribution >= 0.6 is 0 Å². The molecular weight excluding hydrogens is 216 g/mol. The van der Waals surface area contributed by atoms with Crippen LogP contribution in [0, 0.1) is 0 Å². The summed E-state index contributed by atoms with van der Waals surface area (Å²) < 4.78 is 0. The molecule has 0 aliphatic rings. The van der Waals surface area contributed by atoms with E-state index in [1.807, 2.05) is 0 Å². The van der Waals surface area contributed by atoms with Crippen molar-refractivity contribution in [3.63, 3.8) is 0 Å². The minimum atomic E-state index is -1.33. The Morgan fingerprint density at radius 3 is 1.40 bits per heavy atom. The number of carbonyl (C=O) groups is 3. The molecule has 0 spiro atoms. The zero-order chi connectivity index (χ0) is 13.0. The maximum Gasteiger partial charge on any atom is 0.402 e. The predicted molar refractivity (Wildman–Crippen MR) is 43.4 cm³/mol. The third-order valence-electron chi connectivity index (χ3n) is 0.712. The SMILES string of the molecule is NC(=O)O.NC(CC(=O)O)C(=O)O.[O]O. The zero-order valence-corrected chi connectivity index (χ0v) is 7.36. The molecule has 1 unspecified atom stereocenters. The van der Waals surface area contributed by atoms with E-state index in [0.29, 0.717) is 0 Å². The summed E-state index contributed by atoms with van der Waals surface area (Å²) >= 11 is 0. The second-order valence-electron chi connectivity index (χ2n) is 1.88. The molecular formula is C5H11N2O8. The van der Waals surface area contributed by atoms with Crippen molar-refractivity contribution >= 4 is 18.0 Å². The Balaban J connectivity index is -0.000000202. The summed E-state index contributed by atoms with van der Waals surface area (Å²) in [4.78, 5) is 28.4. The van der Waals surface area contributed by atoms with Crippen molar-refractivity contribution in [2.45, 2.75) is 12.5 Å². The summed E-state index contributed by atoms with van der Waals surface area (Å²) in [5.74, 6) is -2.50. The smallest absolute Gasteiger partial charge is 0.402 e. The van der Waals surface area contributed by atoms with E-state index >= 15 is 0 Å². The lowest BCUT2D eigenvalue weighted by Crippen LogP contribution is -2.32. The average Bonchev–Trinajstić information content (AvgIpc) is 2.05. The molecule has 0 aliphatic carbocycles. The fraction of sp³-hybridized carbons (Fsp3) is 0.400. The summed E-state index contributed by atoms with van der Waals surface area (Å²) in [6.45, 7) is 0. The van der Waals surface area contributed by atoms with Gasteiger partial charge in [0, 0.05) is 0 Å². The normalized spacial score (nSPS) is 9.53. The molecule has 0 saturated carbocycles. The quantitative estimate of drug-likeness (QED) is 0.243. The molecule has 1 atom stereocenters. The van der Waals surface area contributed by atoms with E-state index in [9.17, 15) is 9.59 Å². The topological polar surface area (TPSA) is 204 Å². The first-order chi connectivity index (χ1) is 6.77. The third kappa shape index (κ3) is 33.2. The van der Waals surface area contributed by atoms with Gasteiger partial charge in [0.15, 0.2) is 0 Å². The molecule has 0 aromatic carbocycles. The van der Waals surface area contributed by atoms with Gasteiger partial charge < -0.3 is 26.8 Å². The number of nitrogens with two attached hydrogens (primary N) is 2. The highest BCUT2D eigenvalue weighted by Crippen LogP contribution is 1.86. The summed E-state index contributed by atoms with van der Waals surface area (Å²) in [7, 11) is 0. The molecule has 10 nitrogen and oxygen atoms in total. The molecule has 0 fully saturated rings. The van der Waals surface area contributed by atoms with Gasteiger partial charge in [0.2, 0.25) is 0 Å². The van der Waals surface area contributed by atoms with Crippen LogP contribution in [0.4, 0.5) is 4.79 Å². The molecule has 1 amide bonds. The first kappa shape index (κ1) is 18.8. The van der Waals surface area contributed by atoms with Gasteiger partial charge in [-0.15, -0.1) is 0 Å². The Bertz CT molecular complexity index is 201. The molecule has 0 aliphatic heterocycles. The Morgan fingerprint density at radius 2 is 1.33 bits per heavy atom. The highest BCUT2D eigenvalue weighted by molar-refractivity contribution is 5.80. The Kier molecular flexibility index (Phi) is 15.1. The van der Waals surface area contributed by atoms with E-state index in [1.54, 1.807) is 0 Å². The molecule has 0 heterocycles.